The van der Waals surface area contributed by atoms with Gasteiger partial charge in [0.2, 0.25) is 0 Å². The molecule has 0 saturated heterocycles. The van der Waals surface area contributed by atoms with Crippen molar-refractivity contribution in [2.45, 2.75) is 52.4 Å². The van der Waals surface area contributed by atoms with E-state index in [1.54, 1.807) is 51.8 Å². The lowest BCUT2D eigenvalue weighted by atomic mass is 10.1. The molecule has 4 N–H and O–H groups in total. The van der Waals surface area contributed by atoms with Crippen LogP contribution in [-0.2, 0) is 24.7 Å². The van der Waals surface area contributed by atoms with Gasteiger partial charge in [-0.3, -0.25) is 19.2 Å². The number of ether oxygens (including phenoxy) is 4. The smallest absolute Gasteiger partial charge is 0.417 e. The summed E-state index contributed by atoms with van der Waals surface area (Å²) in [4.78, 5) is 56.7. The highest BCUT2D eigenvalue weighted by molar-refractivity contribution is 6.32. The number of rotatable bonds is 20. The van der Waals surface area contributed by atoms with Crippen molar-refractivity contribution in [3.05, 3.63) is 163 Å². The number of amides is 4. The monoisotopic (exact) mass is 1260 g/mol. The van der Waals surface area contributed by atoms with Crippen molar-refractivity contribution in [2.24, 2.45) is 0 Å². The van der Waals surface area contributed by atoms with Crippen molar-refractivity contribution in [3.63, 3.8) is 0 Å². The SMILES string of the molecule is CCOc1cc(C(=O)Nc2ccc(Cl)c(C(F)(F)F)c2)c(OCC)cc1C(=O)Nc1ccc(C)c(C(F)(F)F)c1.Cc1ccc(NC(=O)c2c(OCCN(C)C)cc(C(=O)Nc3ccc(Cl)c(C(F)(F)F)c3)cc2OCCN(C)C)cc1C(F)(F)F. The first-order valence-electron chi connectivity index (χ1n) is 25.5. The van der Waals surface area contributed by atoms with Crippen LogP contribution in [0.15, 0.2) is 97.1 Å². The zero-order valence-corrected chi connectivity index (χ0v) is 48.4. The van der Waals surface area contributed by atoms with Crippen LogP contribution in [0, 0.1) is 13.8 Å². The normalized spacial score (nSPS) is 11.8. The van der Waals surface area contributed by atoms with E-state index in [1.165, 1.54) is 68.4 Å². The van der Waals surface area contributed by atoms with Gasteiger partial charge < -0.3 is 50.0 Å². The minimum Gasteiger partial charge on any atom is -0.493 e. The number of hydrogen-bond donors (Lipinski definition) is 4. The van der Waals surface area contributed by atoms with Crippen LogP contribution in [0.1, 0.15) is 88.7 Å². The zero-order valence-electron chi connectivity index (χ0n) is 46.9. The Morgan fingerprint density at radius 1 is 0.419 bits per heavy atom. The van der Waals surface area contributed by atoms with Gasteiger partial charge in [-0.25, -0.2) is 0 Å². The van der Waals surface area contributed by atoms with Gasteiger partial charge in [0.1, 0.15) is 41.8 Å². The van der Waals surface area contributed by atoms with E-state index in [9.17, 15) is 71.9 Å². The third-order valence-electron chi connectivity index (χ3n) is 12.0. The number of benzene rings is 6. The zero-order chi connectivity index (χ0) is 64.2. The number of aryl methyl sites for hydroxylation is 2. The van der Waals surface area contributed by atoms with E-state index in [0.29, 0.717) is 25.2 Å². The number of hydrogen-bond acceptors (Lipinski definition) is 10. The molecule has 6 rings (SSSR count). The number of likely N-dealkylation sites (N-methyl/N-ethyl adjacent to an activating group) is 2. The van der Waals surface area contributed by atoms with E-state index in [-0.39, 0.29) is 106 Å². The molecular formula is C58H56Cl2F12N6O8. The van der Waals surface area contributed by atoms with Gasteiger partial charge in [-0.2, -0.15) is 52.7 Å². The van der Waals surface area contributed by atoms with E-state index >= 15 is 0 Å². The lowest BCUT2D eigenvalue weighted by Crippen LogP contribution is -2.23. The third kappa shape index (κ3) is 19.0. The molecule has 86 heavy (non-hydrogen) atoms. The summed E-state index contributed by atoms with van der Waals surface area (Å²) >= 11 is 11.3. The van der Waals surface area contributed by atoms with Crippen LogP contribution in [0.2, 0.25) is 10.0 Å². The molecule has 0 fully saturated rings. The van der Waals surface area contributed by atoms with E-state index in [1.807, 2.05) is 0 Å². The summed E-state index contributed by atoms with van der Waals surface area (Å²) in [5, 5.41) is 8.46. The molecule has 0 bridgehead atoms. The summed E-state index contributed by atoms with van der Waals surface area (Å²) in [5.74, 6) is -3.95. The first-order valence-corrected chi connectivity index (χ1v) is 26.3. The minimum absolute atomic E-state index is 0.0301. The minimum atomic E-state index is -4.77. The molecule has 0 aliphatic carbocycles. The Bertz CT molecular complexity index is 3290. The summed E-state index contributed by atoms with van der Waals surface area (Å²) in [5.41, 5.74) is -5.55. The van der Waals surface area contributed by atoms with E-state index in [0.717, 1.165) is 30.3 Å². The first-order chi connectivity index (χ1) is 40.0. The maximum Gasteiger partial charge on any atom is 0.417 e. The fourth-order valence-corrected chi connectivity index (χ4v) is 8.21. The van der Waals surface area contributed by atoms with Gasteiger partial charge in [0.05, 0.1) is 56.6 Å². The number of nitrogens with one attached hydrogen (secondary N) is 4. The fraction of sp³-hybridized carbons (Fsp3) is 0.310. The van der Waals surface area contributed by atoms with Gasteiger partial charge in [-0.05, 0) is 152 Å². The van der Waals surface area contributed by atoms with E-state index < -0.39 is 80.6 Å². The molecule has 28 heteroatoms. The summed E-state index contributed by atoms with van der Waals surface area (Å²) in [7, 11) is 7.09. The standard InChI is InChI=1S/C31H33ClF6N4O4.C27H23ClF6N2O4/c1-18-6-7-20(16-22(18)30(33,34)35)40-29(44)27-25(45-12-10-41(2)3)14-19(15-26(27)46-13-11-42(4)5)28(43)39-21-8-9-24(32)23(17-21)31(36,37)38;1-4-39-22-13-18(25(38)36-16-8-9-21(28)20(11-16)27(32,33)34)23(40-5-2)12-17(22)24(37)35-15-7-6-14(3)19(10-15)26(29,30)31/h6-9,14-17H,10-13H2,1-5H3,(H,39,43)(H,40,44);6-13H,4-5H2,1-3H3,(H,35,37)(H,36,38). The highest BCUT2D eigenvalue weighted by Gasteiger charge is 2.37. The second kappa shape index (κ2) is 29.0. The molecular weight excluding hydrogens is 1210 g/mol. The van der Waals surface area contributed by atoms with E-state index in [2.05, 4.69) is 21.3 Å². The number of carbonyl (C=O) groups is 4. The Balaban J connectivity index is 0.000000317. The first kappa shape index (κ1) is 68.8. The predicted octanol–water partition coefficient (Wildman–Crippen LogP) is 15.1. The number of halogens is 14. The van der Waals surface area contributed by atoms with Gasteiger partial charge in [-0.15, -0.1) is 0 Å². The molecule has 0 radical (unpaired) electrons. The molecule has 6 aromatic rings. The van der Waals surface area contributed by atoms with Crippen molar-refractivity contribution in [1.29, 1.82) is 0 Å². The van der Waals surface area contributed by atoms with Gasteiger partial charge >= 0.3 is 24.7 Å². The largest absolute Gasteiger partial charge is 0.493 e. The van der Waals surface area contributed by atoms with Crippen LogP contribution in [0.4, 0.5) is 75.4 Å². The Hall–Kier alpha value is -7.94. The summed E-state index contributed by atoms with van der Waals surface area (Å²) in [6.07, 6.45) is -18.8. The Morgan fingerprint density at radius 3 is 1.06 bits per heavy atom. The van der Waals surface area contributed by atoms with Crippen LogP contribution < -0.4 is 40.2 Å². The lowest BCUT2D eigenvalue weighted by Gasteiger charge is -2.20. The average Bonchev–Trinajstić information content (AvgIpc) is 1.12. The molecule has 0 heterocycles. The fourth-order valence-electron chi connectivity index (χ4n) is 7.76. The van der Waals surface area contributed by atoms with Crippen molar-refractivity contribution < 1.29 is 90.8 Å². The molecule has 4 amide bonds. The Kier molecular flexibility index (Phi) is 23.2. The second-order valence-electron chi connectivity index (χ2n) is 19.1. The van der Waals surface area contributed by atoms with Crippen LogP contribution in [0.25, 0.3) is 0 Å². The predicted molar refractivity (Wildman–Crippen MR) is 300 cm³/mol. The summed E-state index contributed by atoms with van der Waals surface area (Å²) in [6.45, 7) is 6.68. The van der Waals surface area contributed by atoms with Crippen molar-refractivity contribution in [3.8, 4) is 23.0 Å². The topological polar surface area (TPSA) is 160 Å². The molecule has 464 valence electrons. The maximum atomic E-state index is 13.6. The number of anilines is 4. The number of nitrogens with zero attached hydrogens (tertiary/aromatic N) is 2. The molecule has 0 aromatic heterocycles. The lowest BCUT2D eigenvalue weighted by molar-refractivity contribution is -0.138. The van der Waals surface area contributed by atoms with Crippen LogP contribution in [0.5, 0.6) is 23.0 Å². The molecule has 0 saturated carbocycles. The molecule has 6 aromatic carbocycles. The van der Waals surface area contributed by atoms with Crippen molar-refractivity contribution >= 4 is 69.6 Å². The van der Waals surface area contributed by atoms with Crippen LogP contribution in [0.3, 0.4) is 0 Å². The number of alkyl halides is 12. The van der Waals surface area contributed by atoms with E-state index in [4.69, 9.17) is 42.1 Å². The molecule has 0 aliphatic heterocycles. The molecule has 14 nitrogen and oxygen atoms in total. The highest BCUT2D eigenvalue weighted by atomic mass is 35.5. The van der Waals surface area contributed by atoms with Gasteiger partial charge in [0, 0.05) is 41.4 Å². The van der Waals surface area contributed by atoms with Crippen molar-refractivity contribution in [2.75, 3.05) is 89.0 Å². The number of carbonyl (C=O) groups excluding carboxylic acids is 4. The van der Waals surface area contributed by atoms with Crippen LogP contribution in [-0.4, -0.2) is 101 Å². The third-order valence-corrected chi connectivity index (χ3v) is 12.6. The second-order valence-corrected chi connectivity index (χ2v) is 19.9. The summed E-state index contributed by atoms with van der Waals surface area (Å²) < 4.78 is 183. The molecule has 0 spiro atoms. The summed E-state index contributed by atoms with van der Waals surface area (Å²) in [6, 6.07) is 17.1. The quantitative estimate of drug-likeness (QED) is 0.0542. The van der Waals surface area contributed by atoms with Crippen LogP contribution >= 0.6 is 23.2 Å². The molecule has 0 unspecified atom stereocenters. The maximum absolute atomic E-state index is 13.6. The Morgan fingerprint density at radius 2 is 0.733 bits per heavy atom. The Labute approximate surface area is 495 Å². The van der Waals surface area contributed by atoms with Gasteiger partial charge in [-0.1, -0.05) is 35.3 Å². The van der Waals surface area contributed by atoms with Gasteiger partial charge in [0.15, 0.2) is 0 Å². The molecule has 0 atom stereocenters. The highest BCUT2D eigenvalue weighted by Crippen LogP contribution is 2.41. The van der Waals surface area contributed by atoms with Gasteiger partial charge in [0.25, 0.3) is 23.6 Å². The molecule has 0 aliphatic rings. The average molecular weight is 1260 g/mol. The van der Waals surface area contributed by atoms with Crippen molar-refractivity contribution in [1.82, 2.24) is 9.80 Å².